The molecule has 2 rings (SSSR count). The third-order valence-corrected chi connectivity index (χ3v) is 5.88. The highest BCUT2D eigenvalue weighted by atomic mass is 32.2. The van der Waals surface area contributed by atoms with Gasteiger partial charge < -0.3 is 5.32 Å². The van der Waals surface area contributed by atoms with Crippen molar-refractivity contribution in [3.63, 3.8) is 0 Å². The van der Waals surface area contributed by atoms with Crippen LogP contribution in [0.4, 0.5) is 0 Å². The van der Waals surface area contributed by atoms with Crippen molar-refractivity contribution >= 4 is 10.0 Å². The third-order valence-electron chi connectivity index (χ3n) is 3.68. The Morgan fingerprint density at radius 2 is 1.65 bits per heavy atom. The summed E-state index contributed by atoms with van der Waals surface area (Å²) in [6.07, 6.45) is 4.82. The average Bonchev–Trinajstić information content (AvgIpc) is 3.11. The van der Waals surface area contributed by atoms with Crippen molar-refractivity contribution in [1.29, 1.82) is 0 Å². The maximum atomic E-state index is 12.4. The molecule has 1 atom stereocenters. The van der Waals surface area contributed by atoms with Crippen LogP contribution in [-0.4, -0.2) is 44.7 Å². The molecule has 0 aromatic rings. The molecule has 17 heavy (non-hydrogen) atoms. The lowest BCUT2D eigenvalue weighted by Crippen LogP contribution is -2.43. The van der Waals surface area contributed by atoms with Gasteiger partial charge in [0.2, 0.25) is 10.0 Å². The van der Waals surface area contributed by atoms with Crippen LogP contribution in [0.25, 0.3) is 0 Å². The molecule has 5 heteroatoms. The summed E-state index contributed by atoms with van der Waals surface area (Å²) in [7, 11) is -1.30. The number of sulfonamides is 1. The van der Waals surface area contributed by atoms with Crippen LogP contribution in [-0.2, 0) is 10.0 Å². The van der Waals surface area contributed by atoms with E-state index in [9.17, 15) is 8.42 Å². The van der Waals surface area contributed by atoms with E-state index < -0.39 is 10.0 Å². The fourth-order valence-electron chi connectivity index (χ4n) is 2.11. The van der Waals surface area contributed by atoms with E-state index in [-0.39, 0.29) is 5.25 Å². The SMILES string of the molecule is CNCC(C)S(=O)(=O)N(CC1CC1)CC1CC1. The zero-order valence-corrected chi connectivity index (χ0v) is 11.7. The van der Waals surface area contributed by atoms with Gasteiger partial charge >= 0.3 is 0 Å². The Kier molecular flexibility index (Phi) is 4.10. The Labute approximate surface area is 105 Å². The van der Waals surface area contributed by atoms with Gasteiger partial charge in [-0.25, -0.2) is 12.7 Å². The van der Waals surface area contributed by atoms with Crippen molar-refractivity contribution in [1.82, 2.24) is 9.62 Å². The molecule has 0 aliphatic heterocycles. The summed E-state index contributed by atoms with van der Waals surface area (Å²) < 4.78 is 26.6. The Hall–Kier alpha value is -0.130. The van der Waals surface area contributed by atoms with Gasteiger partial charge in [-0.2, -0.15) is 0 Å². The van der Waals surface area contributed by atoms with Crippen LogP contribution < -0.4 is 5.32 Å². The Bertz CT molecular complexity index is 334. The second-order valence-corrected chi connectivity index (χ2v) is 7.97. The van der Waals surface area contributed by atoms with Crippen LogP contribution in [0.5, 0.6) is 0 Å². The van der Waals surface area contributed by atoms with E-state index >= 15 is 0 Å². The maximum Gasteiger partial charge on any atom is 0.217 e. The topological polar surface area (TPSA) is 49.4 Å². The molecule has 2 saturated carbocycles. The molecule has 1 unspecified atom stereocenters. The van der Waals surface area contributed by atoms with E-state index in [1.807, 2.05) is 0 Å². The lowest BCUT2D eigenvalue weighted by Gasteiger charge is -2.25. The molecule has 0 aromatic heterocycles. The number of hydrogen-bond acceptors (Lipinski definition) is 3. The molecule has 0 heterocycles. The van der Waals surface area contributed by atoms with E-state index in [1.54, 1.807) is 18.3 Å². The minimum absolute atomic E-state index is 0.315. The number of nitrogens with zero attached hydrogens (tertiary/aromatic N) is 1. The highest BCUT2D eigenvalue weighted by Gasteiger charge is 2.36. The lowest BCUT2D eigenvalue weighted by molar-refractivity contribution is 0.376. The molecule has 2 aliphatic carbocycles. The van der Waals surface area contributed by atoms with Crippen molar-refractivity contribution in [2.75, 3.05) is 26.7 Å². The first kappa shape index (κ1) is 13.3. The zero-order valence-electron chi connectivity index (χ0n) is 10.9. The summed E-state index contributed by atoms with van der Waals surface area (Å²) in [6, 6.07) is 0. The first-order chi connectivity index (χ1) is 8.04. The van der Waals surface area contributed by atoms with E-state index in [1.165, 1.54) is 25.7 Å². The zero-order chi connectivity index (χ0) is 12.5. The molecular weight excluding hydrogens is 236 g/mol. The lowest BCUT2D eigenvalue weighted by atomic mass is 10.4. The van der Waals surface area contributed by atoms with Crippen LogP contribution in [0.2, 0.25) is 0 Å². The van der Waals surface area contributed by atoms with Gasteiger partial charge in [-0.05, 0) is 51.5 Å². The highest BCUT2D eigenvalue weighted by molar-refractivity contribution is 7.89. The normalized spacial score (nSPS) is 23.0. The molecule has 100 valence electrons. The van der Waals surface area contributed by atoms with Gasteiger partial charge in [0.15, 0.2) is 0 Å². The molecule has 0 aromatic carbocycles. The van der Waals surface area contributed by atoms with Crippen LogP contribution in [0.15, 0.2) is 0 Å². The summed E-state index contributed by atoms with van der Waals surface area (Å²) in [5.41, 5.74) is 0. The molecular formula is C12H24N2O2S. The Morgan fingerprint density at radius 3 is 2.00 bits per heavy atom. The molecule has 0 saturated heterocycles. The molecule has 0 radical (unpaired) electrons. The summed E-state index contributed by atoms with van der Waals surface area (Å²) in [5, 5.41) is 2.65. The van der Waals surface area contributed by atoms with Gasteiger partial charge in [0.25, 0.3) is 0 Å². The van der Waals surface area contributed by atoms with Gasteiger partial charge in [0, 0.05) is 19.6 Å². The number of nitrogens with one attached hydrogen (secondary N) is 1. The van der Waals surface area contributed by atoms with Crippen molar-refractivity contribution < 1.29 is 8.42 Å². The molecule has 4 nitrogen and oxygen atoms in total. The third kappa shape index (κ3) is 3.66. The minimum Gasteiger partial charge on any atom is -0.318 e. The second-order valence-electron chi connectivity index (χ2n) is 5.62. The maximum absolute atomic E-state index is 12.4. The highest BCUT2D eigenvalue weighted by Crippen LogP contribution is 2.35. The van der Waals surface area contributed by atoms with Crippen LogP contribution in [0, 0.1) is 11.8 Å². The summed E-state index contributed by atoms with van der Waals surface area (Å²) >= 11 is 0. The monoisotopic (exact) mass is 260 g/mol. The molecule has 0 amide bonds. The number of hydrogen-bond donors (Lipinski definition) is 1. The fourth-order valence-corrected chi connectivity index (χ4v) is 3.83. The van der Waals surface area contributed by atoms with Gasteiger partial charge in [0.05, 0.1) is 5.25 Å². The average molecular weight is 260 g/mol. The van der Waals surface area contributed by atoms with Crippen molar-refractivity contribution in [3.8, 4) is 0 Å². The summed E-state index contributed by atoms with van der Waals surface area (Å²) in [5.74, 6) is 1.26. The molecule has 2 aliphatic rings. The van der Waals surface area contributed by atoms with Crippen molar-refractivity contribution in [3.05, 3.63) is 0 Å². The van der Waals surface area contributed by atoms with E-state index in [0.717, 1.165) is 13.1 Å². The van der Waals surface area contributed by atoms with Crippen molar-refractivity contribution in [2.45, 2.75) is 37.9 Å². The first-order valence-electron chi connectivity index (χ1n) is 6.67. The van der Waals surface area contributed by atoms with Gasteiger partial charge in [-0.1, -0.05) is 0 Å². The molecule has 0 spiro atoms. The largest absolute Gasteiger partial charge is 0.318 e. The van der Waals surface area contributed by atoms with Crippen LogP contribution >= 0.6 is 0 Å². The minimum atomic E-state index is -3.10. The quantitative estimate of drug-likeness (QED) is 0.709. The van der Waals surface area contributed by atoms with E-state index in [0.29, 0.717) is 18.4 Å². The van der Waals surface area contributed by atoms with Crippen LogP contribution in [0.1, 0.15) is 32.6 Å². The molecule has 0 bridgehead atoms. The van der Waals surface area contributed by atoms with Crippen molar-refractivity contribution in [2.24, 2.45) is 11.8 Å². The number of rotatable bonds is 8. The predicted molar refractivity (Wildman–Crippen MR) is 69.3 cm³/mol. The first-order valence-corrected chi connectivity index (χ1v) is 8.18. The summed E-state index contributed by atoms with van der Waals surface area (Å²) in [4.78, 5) is 0. The predicted octanol–water partition coefficient (Wildman–Crippen LogP) is 1.05. The Balaban J connectivity index is 1.99. The van der Waals surface area contributed by atoms with E-state index in [2.05, 4.69) is 5.32 Å². The van der Waals surface area contributed by atoms with Gasteiger partial charge in [-0.3, -0.25) is 0 Å². The van der Waals surface area contributed by atoms with Gasteiger partial charge in [0.1, 0.15) is 0 Å². The standard InChI is InChI=1S/C12H24N2O2S/c1-10(7-13-2)17(15,16)14(8-11-3-4-11)9-12-5-6-12/h10-13H,3-9H2,1-2H3. The Morgan fingerprint density at radius 1 is 1.18 bits per heavy atom. The second kappa shape index (κ2) is 5.24. The summed E-state index contributed by atoms with van der Waals surface area (Å²) in [6.45, 7) is 3.85. The van der Waals surface area contributed by atoms with Crippen LogP contribution in [0.3, 0.4) is 0 Å². The fraction of sp³-hybridized carbons (Fsp3) is 1.00. The van der Waals surface area contributed by atoms with E-state index in [4.69, 9.17) is 0 Å². The molecule has 1 N–H and O–H groups in total. The smallest absolute Gasteiger partial charge is 0.217 e. The van der Waals surface area contributed by atoms with Gasteiger partial charge in [-0.15, -0.1) is 0 Å². The molecule has 2 fully saturated rings.